The van der Waals surface area contributed by atoms with E-state index in [9.17, 15) is 32.7 Å². The van der Waals surface area contributed by atoms with E-state index >= 15 is 0 Å². The number of carboxylic acid groups (broad SMARTS) is 1. The van der Waals surface area contributed by atoms with E-state index in [-0.39, 0.29) is 30.1 Å². The number of phenolic OH excluding ortho intramolecular Hbond substituents is 1. The van der Waals surface area contributed by atoms with Crippen LogP contribution in [0.5, 0.6) is 5.75 Å². The molecule has 3 aromatic carbocycles. The van der Waals surface area contributed by atoms with Crippen LogP contribution in [-0.4, -0.2) is 65.9 Å². The third-order valence-electron chi connectivity index (χ3n) is 6.68. The number of hydrogen-bond donors (Lipinski definition) is 7. The molecule has 14 heteroatoms. The van der Waals surface area contributed by atoms with Crippen LogP contribution >= 0.6 is 0 Å². The van der Waals surface area contributed by atoms with Gasteiger partial charge in [0, 0.05) is 19.6 Å². The lowest BCUT2D eigenvalue weighted by molar-refractivity contribution is -0.192. The zero-order valence-electron chi connectivity index (χ0n) is 25.6. The van der Waals surface area contributed by atoms with Gasteiger partial charge in [0.1, 0.15) is 11.8 Å². The van der Waals surface area contributed by atoms with Gasteiger partial charge in [0.2, 0.25) is 11.8 Å². The Balaban J connectivity index is 0.000000984. The number of aliphatic carboxylic acids is 1. The molecule has 0 aliphatic carbocycles. The maximum absolute atomic E-state index is 13.7. The molecule has 0 radical (unpaired) electrons. The first kappa shape index (κ1) is 38.1. The maximum atomic E-state index is 13.7. The van der Waals surface area contributed by atoms with Crippen LogP contribution in [0.3, 0.4) is 0 Å². The van der Waals surface area contributed by atoms with Crippen LogP contribution in [0, 0.1) is 0 Å². The zero-order valence-corrected chi connectivity index (χ0v) is 25.6. The van der Waals surface area contributed by atoms with Gasteiger partial charge in [0.15, 0.2) is 0 Å². The van der Waals surface area contributed by atoms with Crippen LogP contribution in [0.2, 0.25) is 0 Å². The normalized spacial score (nSPS) is 11.4. The molecule has 4 amide bonds. The summed E-state index contributed by atoms with van der Waals surface area (Å²) in [7, 11) is 0. The largest absolute Gasteiger partial charge is 0.508 e. The van der Waals surface area contributed by atoms with E-state index in [2.05, 4.69) is 21.3 Å². The highest BCUT2D eigenvalue weighted by Gasteiger charge is 2.38. The standard InChI is InChI=1S/C31H39N5O4.C2HF3O2/c32-19-7-8-20-33-31(40)34-21-9-14-27(29(38)35-22-23-15-17-26(37)18-16-23)36-30(39)28(24-10-3-1-4-11-24)25-12-5-2-6-13-25;3-2(4,5)1(6)7/h1-6,10-13,15-18,27-28,37H,7-9,14,19-22,32H2,(H,35,38)(H,36,39)(H2,33,34,40);(H,6,7)/t27-;/m1./s1. The lowest BCUT2D eigenvalue weighted by Gasteiger charge is -2.23. The highest BCUT2D eigenvalue weighted by Crippen LogP contribution is 2.25. The summed E-state index contributed by atoms with van der Waals surface area (Å²) in [6.45, 7) is 1.72. The molecule has 3 rings (SSSR count). The molecule has 0 heterocycles. The summed E-state index contributed by atoms with van der Waals surface area (Å²) in [5.74, 6) is -3.82. The van der Waals surface area contributed by atoms with Crippen molar-refractivity contribution in [3.8, 4) is 5.75 Å². The lowest BCUT2D eigenvalue weighted by atomic mass is 9.90. The van der Waals surface area contributed by atoms with Crippen molar-refractivity contribution in [1.82, 2.24) is 21.3 Å². The summed E-state index contributed by atoms with van der Waals surface area (Å²) in [5, 5.41) is 28.1. The van der Waals surface area contributed by atoms with E-state index < -0.39 is 24.1 Å². The Morgan fingerprint density at radius 2 is 1.23 bits per heavy atom. The van der Waals surface area contributed by atoms with Crippen molar-refractivity contribution in [3.63, 3.8) is 0 Å². The zero-order chi connectivity index (χ0) is 34.7. The van der Waals surface area contributed by atoms with E-state index in [0.29, 0.717) is 32.5 Å². The fourth-order valence-corrected chi connectivity index (χ4v) is 4.28. The van der Waals surface area contributed by atoms with E-state index in [1.807, 2.05) is 60.7 Å². The van der Waals surface area contributed by atoms with Crippen LogP contribution in [0.4, 0.5) is 18.0 Å². The van der Waals surface area contributed by atoms with Crippen molar-refractivity contribution >= 4 is 23.8 Å². The Morgan fingerprint density at radius 1 is 0.723 bits per heavy atom. The van der Waals surface area contributed by atoms with Gasteiger partial charge in [-0.1, -0.05) is 72.8 Å². The summed E-state index contributed by atoms with van der Waals surface area (Å²) in [6, 6.07) is 24.4. The molecule has 11 nitrogen and oxygen atoms in total. The second kappa shape index (κ2) is 20.1. The van der Waals surface area contributed by atoms with Crippen molar-refractivity contribution in [2.75, 3.05) is 19.6 Å². The number of carbonyl (C=O) groups excluding carboxylic acids is 3. The molecular weight excluding hydrogens is 619 g/mol. The first-order chi connectivity index (χ1) is 22.4. The SMILES string of the molecule is NCCCCNC(=O)NCCC[C@@H](NC(=O)C(c1ccccc1)c1ccccc1)C(=O)NCc1ccc(O)cc1.O=C(O)C(F)(F)F. The number of carboxylic acids is 1. The number of unbranched alkanes of at least 4 members (excludes halogenated alkanes) is 1. The van der Waals surface area contributed by atoms with Crippen LogP contribution in [0.15, 0.2) is 84.9 Å². The van der Waals surface area contributed by atoms with Crippen LogP contribution in [-0.2, 0) is 20.9 Å². The average molecular weight is 660 g/mol. The number of phenols is 1. The third-order valence-corrected chi connectivity index (χ3v) is 6.68. The minimum atomic E-state index is -5.08. The van der Waals surface area contributed by atoms with Gasteiger partial charge in [-0.05, 0) is 61.1 Å². The fourth-order valence-electron chi connectivity index (χ4n) is 4.28. The summed E-state index contributed by atoms with van der Waals surface area (Å²) in [5.41, 5.74) is 7.93. The molecule has 0 aliphatic heterocycles. The number of nitrogens with two attached hydrogens (primary N) is 1. The topological polar surface area (TPSA) is 183 Å². The predicted molar refractivity (Wildman–Crippen MR) is 169 cm³/mol. The van der Waals surface area contributed by atoms with Crippen molar-refractivity contribution in [2.24, 2.45) is 5.73 Å². The van der Waals surface area contributed by atoms with Crippen LogP contribution in [0.1, 0.15) is 48.3 Å². The van der Waals surface area contributed by atoms with E-state index in [0.717, 1.165) is 29.5 Å². The average Bonchev–Trinajstić information content (AvgIpc) is 3.05. The van der Waals surface area contributed by atoms with E-state index in [4.69, 9.17) is 15.6 Å². The molecule has 47 heavy (non-hydrogen) atoms. The van der Waals surface area contributed by atoms with E-state index in [1.54, 1.807) is 24.3 Å². The maximum Gasteiger partial charge on any atom is 0.490 e. The Bertz CT molecular complexity index is 1350. The summed E-state index contributed by atoms with van der Waals surface area (Å²) in [6.07, 6.45) is -2.62. The second-order valence-corrected chi connectivity index (χ2v) is 10.3. The van der Waals surface area contributed by atoms with Gasteiger partial charge in [-0.15, -0.1) is 0 Å². The molecule has 0 saturated heterocycles. The molecule has 0 unspecified atom stereocenters. The van der Waals surface area contributed by atoms with Gasteiger partial charge < -0.3 is 37.2 Å². The van der Waals surface area contributed by atoms with Crippen molar-refractivity contribution in [3.05, 3.63) is 102 Å². The van der Waals surface area contributed by atoms with Gasteiger partial charge >= 0.3 is 18.2 Å². The minimum Gasteiger partial charge on any atom is -0.508 e. The third kappa shape index (κ3) is 14.7. The smallest absolute Gasteiger partial charge is 0.490 e. The number of rotatable bonds is 15. The highest BCUT2D eigenvalue weighted by molar-refractivity contribution is 5.92. The van der Waals surface area contributed by atoms with Gasteiger partial charge in [0.05, 0.1) is 5.92 Å². The minimum absolute atomic E-state index is 0.143. The highest BCUT2D eigenvalue weighted by atomic mass is 19.4. The van der Waals surface area contributed by atoms with Crippen LogP contribution < -0.4 is 27.0 Å². The Morgan fingerprint density at radius 3 is 1.72 bits per heavy atom. The summed E-state index contributed by atoms with van der Waals surface area (Å²) >= 11 is 0. The number of benzene rings is 3. The Hall–Kier alpha value is -5.11. The molecule has 0 fully saturated rings. The quantitative estimate of drug-likeness (QED) is 0.121. The molecule has 0 aromatic heterocycles. The van der Waals surface area contributed by atoms with Gasteiger partial charge in [-0.3, -0.25) is 9.59 Å². The van der Waals surface area contributed by atoms with Crippen molar-refractivity contribution < 1.29 is 42.6 Å². The van der Waals surface area contributed by atoms with Crippen LogP contribution in [0.25, 0.3) is 0 Å². The number of carbonyl (C=O) groups is 4. The van der Waals surface area contributed by atoms with Crippen molar-refractivity contribution in [1.29, 1.82) is 0 Å². The first-order valence-corrected chi connectivity index (χ1v) is 14.9. The molecule has 254 valence electrons. The number of nitrogens with one attached hydrogen (secondary N) is 4. The van der Waals surface area contributed by atoms with Gasteiger partial charge in [-0.2, -0.15) is 13.2 Å². The molecule has 0 saturated carbocycles. The number of urea groups is 1. The molecule has 0 aliphatic rings. The van der Waals surface area contributed by atoms with Gasteiger partial charge in [0.25, 0.3) is 0 Å². The number of halogens is 3. The number of alkyl halides is 3. The molecule has 1 atom stereocenters. The number of aromatic hydroxyl groups is 1. The molecule has 0 bridgehead atoms. The number of amides is 4. The van der Waals surface area contributed by atoms with Gasteiger partial charge in [-0.25, -0.2) is 9.59 Å². The van der Waals surface area contributed by atoms with Crippen molar-refractivity contribution in [2.45, 2.75) is 50.4 Å². The number of hydrogen-bond acceptors (Lipinski definition) is 6. The molecule has 0 spiro atoms. The molecular formula is C33H40F3N5O6. The lowest BCUT2D eigenvalue weighted by Crippen LogP contribution is -2.48. The Labute approximate surface area is 270 Å². The summed E-state index contributed by atoms with van der Waals surface area (Å²) in [4.78, 5) is 47.9. The molecule has 3 aromatic rings. The summed E-state index contributed by atoms with van der Waals surface area (Å²) < 4.78 is 31.7. The Kier molecular flexibility index (Phi) is 16.3. The molecule has 8 N–H and O–H groups in total. The fraction of sp³-hybridized carbons (Fsp3) is 0.333. The van der Waals surface area contributed by atoms with E-state index in [1.165, 1.54) is 0 Å². The monoisotopic (exact) mass is 659 g/mol. The second-order valence-electron chi connectivity index (χ2n) is 10.3. The predicted octanol–water partition coefficient (Wildman–Crippen LogP) is 3.78. The first-order valence-electron chi connectivity index (χ1n) is 14.9.